The van der Waals surface area contributed by atoms with E-state index in [9.17, 15) is 4.79 Å². The Hall–Kier alpha value is -1.88. The van der Waals surface area contributed by atoms with Gasteiger partial charge < -0.3 is 9.42 Å². The van der Waals surface area contributed by atoms with E-state index in [2.05, 4.69) is 30.9 Å². The van der Waals surface area contributed by atoms with Gasteiger partial charge in [0, 0.05) is 23.6 Å². The highest BCUT2D eigenvalue weighted by molar-refractivity contribution is 6.30. The molecule has 25 heavy (non-hydrogen) atoms. The van der Waals surface area contributed by atoms with Crippen molar-refractivity contribution >= 4 is 17.5 Å². The minimum atomic E-state index is -0.128. The van der Waals surface area contributed by atoms with E-state index in [1.807, 2.05) is 17.0 Å². The number of nitrogens with zero attached hydrogens (tertiary/aromatic N) is 3. The third-order valence-electron chi connectivity index (χ3n) is 4.33. The zero-order valence-corrected chi connectivity index (χ0v) is 15.7. The van der Waals surface area contributed by atoms with Gasteiger partial charge in [0.15, 0.2) is 0 Å². The van der Waals surface area contributed by atoms with E-state index in [1.54, 1.807) is 12.1 Å². The van der Waals surface area contributed by atoms with Crippen LogP contribution in [0.25, 0.3) is 11.4 Å². The zero-order valence-electron chi connectivity index (χ0n) is 15.0. The second-order valence-corrected chi connectivity index (χ2v) is 8.24. The molecule has 0 spiro atoms. The molecule has 0 N–H and O–H groups in total. The van der Waals surface area contributed by atoms with Gasteiger partial charge in [0.25, 0.3) is 0 Å². The van der Waals surface area contributed by atoms with E-state index in [1.165, 1.54) is 0 Å². The molecule has 0 aliphatic carbocycles. The number of hydrogen-bond donors (Lipinski definition) is 0. The number of rotatable bonds is 3. The predicted molar refractivity (Wildman–Crippen MR) is 97.1 cm³/mol. The summed E-state index contributed by atoms with van der Waals surface area (Å²) in [7, 11) is 0. The maximum Gasteiger partial charge on any atom is 0.249 e. The Morgan fingerprint density at radius 3 is 2.68 bits per heavy atom. The molecule has 0 saturated carbocycles. The lowest BCUT2D eigenvalue weighted by atomic mass is 9.90. The van der Waals surface area contributed by atoms with Gasteiger partial charge in [-0.2, -0.15) is 4.98 Å². The molecule has 5 nitrogen and oxygen atoms in total. The summed E-state index contributed by atoms with van der Waals surface area (Å²) >= 11 is 5.92. The fourth-order valence-electron chi connectivity index (χ4n) is 3.13. The van der Waals surface area contributed by atoms with Crippen LogP contribution >= 0.6 is 11.6 Å². The van der Waals surface area contributed by atoms with E-state index in [0.717, 1.165) is 31.4 Å². The number of aromatic nitrogens is 2. The summed E-state index contributed by atoms with van der Waals surface area (Å²) in [5.41, 5.74) is 0.810. The highest BCUT2D eigenvalue weighted by Gasteiger charge is 2.33. The third kappa shape index (κ3) is 4.40. The molecule has 1 aromatic heterocycles. The summed E-state index contributed by atoms with van der Waals surface area (Å²) in [5.74, 6) is 1.20. The van der Waals surface area contributed by atoms with Gasteiger partial charge >= 0.3 is 0 Å². The van der Waals surface area contributed by atoms with E-state index in [-0.39, 0.29) is 17.4 Å². The van der Waals surface area contributed by atoms with Crippen molar-refractivity contribution in [2.75, 3.05) is 6.54 Å². The smallest absolute Gasteiger partial charge is 0.249 e. The lowest BCUT2D eigenvalue weighted by molar-refractivity contribution is -0.137. The molecule has 1 aliphatic heterocycles. The Kier molecular flexibility index (Phi) is 5.13. The van der Waals surface area contributed by atoms with Crippen LogP contribution in [0.5, 0.6) is 0 Å². The van der Waals surface area contributed by atoms with Crippen LogP contribution in [0, 0.1) is 5.41 Å². The number of carbonyl (C=O) groups is 1. The Morgan fingerprint density at radius 2 is 2.00 bits per heavy atom. The van der Waals surface area contributed by atoms with E-state index < -0.39 is 0 Å². The Labute approximate surface area is 153 Å². The minimum absolute atomic E-state index is 0.0393. The van der Waals surface area contributed by atoms with Gasteiger partial charge in [-0.1, -0.05) is 37.5 Å². The zero-order chi connectivity index (χ0) is 18.0. The number of piperidine rings is 1. The molecule has 1 amide bonds. The second kappa shape index (κ2) is 7.16. The molecule has 0 bridgehead atoms. The molecule has 0 unspecified atom stereocenters. The van der Waals surface area contributed by atoms with Gasteiger partial charge in [0.2, 0.25) is 17.6 Å². The molecule has 134 valence electrons. The number of halogens is 1. The number of benzene rings is 1. The molecule has 1 aliphatic rings. The lowest BCUT2D eigenvalue weighted by Crippen LogP contribution is -2.40. The summed E-state index contributed by atoms with van der Waals surface area (Å²) in [6.07, 6.45) is 3.45. The van der Waals surface area contributed by atoms with Crippen LogP contribution in [0.4, 0.5) is 0 Å². The Balaban J connectivity index is 1.81. The first-order valence-corrected chi connectivity index (χ1v) is 9.10. The predicted octanol–water partition coefficient (Wildman–Crippen LogP) is 4.88. The van der Waals surface area contributed by atoms with Crippen molar-refractivity contribution in [1.82, 2.24) is 15.0 Å². The summed E-state index contributed by atoms with van der Waals surface area (Å²) in [6.45, 7) is 6.98. The highest BCUT2D eigenvalue weighted by atomic mass is 35.5. The number of amides is 1. The topological polar surface area (TPSA) is 59.2 Å². The molecule has 2 aromatic rings. The fourth-order valence-corrected chi connectivity index (χ4v) is 3.25. The maximum atomic E-state index is 12.7. The summed E-state index contributed by atoms with van der Waals surface area (Å²) in [4.78, 5) is 19.2. The normalized spacial score (nSPS) is 18.4. The van der Waals surface area contributed by atoms with Crippen molar-refractivity contribution in [3.05, 3.63) is 35.2 Å². The first kappa shape index (κ1) is 17.9. The molecule has 1 saturated heterocycles. The molecule has 1 aromatic carbocycles. The molecule has 1 fully saturated rings. The highest BCUT2D eigenvalue weighted by Crippen LogP contribution is 2.33. The first-order chi connectivity index (χ1) is 11.8. The van der Waals surface area contributed by atoms with Crippen molar-refractivity contribution in [2.45, 2.75) is 52.5 Å². The van der Waals surface area contributed by atoms with Gasteiger partial charge in [0.1, 0.15) is 6.04 Å². The van der Waals surface area contributed by atoms with E-state index in [0.29, 0.717) is 23.2 Å². The standard InChI is InChI=1S/C19H24ClN3O2/c1-19(2,3)12-16(24)23-11-5-4-6-15(23)18-21-17(22-25-18)13-7-9-14(20)10-8-13/h7-10,15H,4-6,11-12H2,1-3H3/t15-/m0/s1. The van der Waals surface area contributed by atoms with Crippen LogP contribution in [0.1, 0.15) is 58.4 Å². The average molecular weight is 362 g/mol. The average Bonchev–Trinajstić information content (AvgIpc) is 3.04. The molecule has 3 rings (SSSR count). The molecule has 1 atom stereocenters. The van der Waals surface area contributed by atoms with Crippen LogP contribution in [-0.4, -0.2) is 27.5 Å². The largest absolute Gasteiger partial charge is 0.337 e. The summed E-state index contributed by atoms with van der Waals surface area (Å²) < 4.78 is 5.51. The lowest BCUT2D eigenvalue weighted by Gasteiger charge is -2.35. The SMILES string of the molecule is CC(C)(C)CC(=O)N1CCCC[C@H]1c1nc(-c2ccc(Cl)cc2)no1. The van der Waals surface area contributed by atoms with Gasteiger partial charge in [-0.15, -0.1) is 0 Å². The Bertz CT molecular complexity index is 734. The van der Waals surface area contributed by atoms with Gasteiger partial charge in [-0.3, -0.25) is 4.79 Å². The molecule has 2 heterocycles. The van der Waals surface area contributed by atoms with Crippen LogP contribution in [-0.2, 0) is 4.79 Å². The second-order valence-electron chi connectivity index (χ2n) is 7.80. The molecular weight excluding hydrogens is 338 g/mol. The summed E-state index contributed by atoms with van der Waals surface area (Å²) in [5, 5.41) is 4.76. The Morgan fingerprint density at radius 1 is 1.28 bits per heavy atom. The fraction of sp³-hybridized carbons (Fsp3) is 0.526. The number of hydrogen-bond acceptors (Lipinski definition) is 4. The van der Waals surface area contributed by atoms with Crippen LogP contribution in [0.3, 0.4) is 0 Å². The first-order valence-electron chi connectivity index (χ1n) is 8.72. The maximum absolute atomic E-state index is 12.7. The van der Waals surface area contributed by atoms with Crippen molar-refractivity contribution in [2.24, 2.45) is 5.41 Å². The van der Waals surface area contributed by atoms with Crippen molar-refractivity contribution < 1.29 is 9.32 Å². The van der Waals surface area contributed by atoms with E-state index in [4.69, 9.17) is 16.1 Å². The van der Waals surface area contributed by atoms with Crippen LogP contribution < -0.4 is 0 Å². The molecule has 6 heteroatoms. The van der Waals surface area contributed by atoms with Crippen molar-refractivity contribution in [3.8, 4) is 11.4 Å². The number of carbonyl (C=O) groups excluding carboxylic acids is 1. The van der Waals surface area contributed by atoms with Gasteiger partial charge in [-0.05, 0) is 48.9 Å². The van der Waals surface area contributed by atoms with E-state index >= 15 is 0 Å². The quantitative estimate of drug-likeness (QED) is 0.781. The van der Waals surface area contributed by atoms with Crippen molar-refractivity contribution in [1.29, 1.82) is 0 Å². The van der Waals surface area contributed by atoms with Gasteiger partial charge in [0.05, 0.1) is 0 Å². The van der Waals surface area contributed by atoms with Gasteiger partial charge in [-0.25, -0.2) is 0 Å². The molecular formula is C19H24ClN3O2. The minimum Gasteiger partial charge on any atom is -0.337 e. The summed E-state index contributed by atoms with van der Waals surface area (Å²) in [6, 6.07) is 7.19. The van der Waals surface area contributed by atoms with Crippen LogP contribution in [0.15, 0.2) is 28.8 Å². The third-order valence-corrected chi connectivity index (χ3v) is 4.59. The van der Waals surface area contributed by atoms with Crippen LogP contribution in [0.2, 0.25) is 5.02 Å². The van der Waals surface area contributed by atoms with Crippen molar-refractivity contribution in [3.63, 3.8) is 0 Å². The number of likely N-dealkylation sites (tertiary alicyclic amines) is 1. The molecule has 0 radical (unpaired) electrons. The monoisotopic (exact) mass is 361 g/mol.